The van der Waals surface area contributed by atoms with Gasteiger partial charge in [-0.25, -0.2) is 4.39 Å². The molecule has 5 nitrogen and oxygen atoms in total. The Morgan fingerprint density at radius 1 is 1.17 bits per heavy atom. The van der Waals surface area contributed by atoms with Crippen molar-refractivity contribution in [1.29, 1.82) is 0 Å². The monoisotopic (exact) mass is 427 g/mol. The summed E-state index contributed by atoms with van der Waals surface area (Å²) in [7, 11) is 0. The van der Waals surface area contributed by atoms with E-state index < -0.39 is 29.2 Å². The predicted octanol–water partition coefficient (Wildman–Crippen LogP) is 4.19. The van der Waals surface area contributed by atoms with Gasteiger partial charge in [0.1, 0.15) is 10.8 Å². The quantitative estimate of drug-likeness (QED) is 0.599. The van der Waals surface area contributed by atoms with Gasteiger partial charge in [-0.15, -0.1) is 0 Å². The van der Waals surface area contributed by atoms with Gasteiger partial charge in [0.05, 0.1) is 29.2 Å². The Bertz CT molecular complexity index is 1090. The number of halogens is 5. The maximum Gasteiger partial charge on any atom is 0.416 e. The molecule has 0 saturated carbocycles. The van der Waals surface area contributed by atoms with Crippen molar-refractivity contribution < 1.29 is 22.7 Å². The third-order valence-corrected chi connectivity index (χ3v) is 4.45. The number of alkyl halides is 3. The molecule has 0 aliphatic rings. The molecule has 2 N–H and O–H groups in total. The molecule has 0 fully saturated rings. The van der Waals surface area contributed by atoms with Gasteiger partial charge in [0.25, 0.3) is 5.56 Å². The van der Waals surface area contributed by atoms with E-state index in [2.05, 4.69) is 10.4 Å². The average Bonchev–Trinajstić information content (AvgIpc) is 2.68. The summed E-state index contributed by atoms with van der Waals surface area (Å²) >= 11 is 6.02. The molecule has 1 atom stereocenters. The minimum absolute atomic E-state index is 0.0512. The zero-order valence-electron chi connectivity index (χ0n) is 14.6. The molecule has 10 heteroatoms. The Morgan fingerprint density at radius 2 is 1.90 bits per heavy atom. The van der Waals surface area contributed by atoms with Crippen molar-refractivity contribution >= 4 is 17.3 Å². The van der Waals surface area contributed by atoms with Crippen LogP contribution in [0.15, 0.2) is 59.5 Å². The highest BCUT2D eigenvalue weighted by Gasteiger charge is 2.30. The molecule has 3 aromatic rings. The van der Waals surface area contributed by atoms with Gasteiger partial charge in [-0.05, 0) is 24.3 Å². The maximum absolute atomic E-state index is 13.7. The molecule has 1 unspecified atom stereocenters. The highest BCUT2D eigenvalue weighted by Crippen LogP contribution is 2.30. The van der Waals surface area contributed by atoms with Gasteiger partial charge in [0, 0.05) is 12.1 Å². The first kappa shape index (κ1) is 20.8. The number of hydrogen-bond acceptors (Lipinski definition) is 4. The van der Waals surface area contributed by atoms with E-state index >= 15 is 0 Å². The van der Waals surface area contributed by atoms with E-state index in [1.54, 1.807) is 6.07 Å². The van der Waals surface area contributed by atoms with E-state index in [0.29, 0.717) is 0 Å². The van der Waals surface area contributed by atoms with Crippen LogP contribution in [0.2, 0.25) is 5.02 Å². The van der Waals surface area contributed by atoms with Crippen molar-refractivity contribution in [3.05, 3.63) is 87.0 Å². The number of nitrogens with zero attached hydrogens (tertiary/aromatic N) is 2. The fourth-order valence-electron chi connectivity index (χ4n) is 2.62. The molecule has 1 heterocycles. The Morgan fingerprint density at radius 3 is 2.59 bits per heavy atom. The minimum Gasteiger partial charge on any atom is -0.386 e. The molecular formula is C19H14ClF4N3O2. The molecule has 0 bridgehead atoms. The lowest BCUT2D eigenvalue weighted by Crippen LogP contribution is -2.24. The highest BCUT2D eigenvalue weighted by molar-refractivity contribution is 6.32. The van der Waals surface area contributed by atoms with Gasteiger partial charge >= 0.3 is 6.18 Å². The lowest BCUT2D eigenvalue weighted by Gasteiger charge is -2.15. The van der Waals surface area contributed by atoms with Crippen LogP contribution in [0.1, 0.15) is 17.2 Å². The number of aliphatic hydroxyl groups excluding tert-OH is 1. The smallest absolute Gasteiger partial charge is 0.386 e. The molecule has 0 amide bonds. The first-order valence-corrected chi connectivity index (χ1v) is 8.68. The summed E-state index contributed by atoms with van der Waals surface area (Å²) in [5.41, 5.74) is -1.78. The normalized spacial score (nSPS) is 12.6. The number of aliphatic hydroxyl groups is 1. The average molecular weight is 428 g/mol. The van der Waals surface area contributed by atoms with Gasteiger partial charge in [-0.1, -0.05) is 35.9 Å². The molecule has 152 valence electrons. The van der Waals surface area contributed by atoms with Gasteiger partial charge in [-0.3, -0.25) is 4.79 Å². The van der Waals surface area contributed by atoms with Crippen LogP contribution in [-0.2, 0) is 6.18 Å². The van der Waals surface area contributed by atoms with Crippen LogP contribution in [0.25, 0.3) is 5.69 Å². The van der Waals surface area contributed by atoms with Crippen LogP contribution in [0.3, 0.4) is 0 Å². The molecule has 3 rings (SSSR count). The predicted molar refractivity (Wildman–Crippen MR) is 99.7 cm³/mol. The maximum atomic E-state index is 13.7. The zero-order valence-corrected chi connectivity index (χ0v) is 15.4. The van der Waals surface area contributed by atoms with Crippen molar-refractivity contribution in [1.82, 2.24) is 9.78 Å². The number of nitrogens with one attached hydrogen (secondary N) is 1. The summed E-state index contributed by atoms with van der Waals surface area (Å²) in [6.07, 6.45) is -4.66. The lowest BCUT2D eigenvalue weighted by molar-refractivity contribution is -0.137. The van der Waals surface area contributed by atoms with Crippen LogP contribution >= 0.6 is 11.6 Å². The van der Waals surface area contributed by atoms with Gasteiger partial charge in [0.2, 0.25) is 0 Å². The summed E-state index contributed by atoms with van der Waals surface area (Å²) in [6, 6.07) is 9.73. The summed E-state index contributed by atoms with van der Waals surface area (Å²) < 4.78 is 53.1. The third kappa shape index (κ3) is 4.57. The largest absolute Gasteiger partial charge is 0.416 e. The molecule has 0 radical (unpaired) electrons. The first-order valence-electron chi connectivity index (χ1n) is 8.30. The second-order valence-electron chi connectivity index (χ2n) is 6.06. The number of benzene rings is 2. The molecular weight excluding hydrogens is 414 g/mol. The Kier molecular flexibility index (Phi) is 5.90. The van der Waals surface area contributed by atoms with E-state index in [4.69, 9.17) is 11.6 Å². The van der Waals surface area contributed by atoms with Crippen molar-refractivity contribution in [2.24, 2.45) is 0 Å². The minimum atomic E-state index is -4.58. The summed E-state index contributed by atoms with van der Waals surface area (Å²) in [5.74, 6) is -0.592. The Balaban J connectivity index is 1.83. The standard InChI is InChI=1S/C19H14ClF4N3O2/c20-17-15(25-10-16(28)13-6-1-2-7-14(13)21)9-26-27(18(17)29)12-5-3-4-11(8-12)19(22,23)24/h1-9,16,25,28H,10H2. The van der Waals surface area contributed by atoms with Gasteiger partial charge in [-0.2, -0.15) is 23.0 Å². The fourth-order valence-corrected chi connectivity index (χ4v) is 2.81. The van der Waals surface area contributed by atoms with Gasteiger partial charge in [0.15, 0.2) is 0 Å². The molecule has 29 heavy (non-hydrogen) atoms. The van der Waals surface area contributed by atoms with E-state index in [9.17, 15) is 27.5 Å². The molecule has 1 aromatic heterocycles. The fraction of sp³-hybridized carbons (Fsp3) is 0.158. The molecule has 0 spiro atoms. The van der Waals surface area contributed by atoms with Gasteiger partial charge < -0.3 is 10.4 Å². The number of rotatable bonds is 5. The van der Waals surface area contributed by atoms with E-state index in [1.165, 1.54) is 24.3 Å². The van der Waals surface area contributed by atoms with Crippen molar-refractivity contribution in [2.45, 2.75) is 12.3 Å². The second kappa shape index (κ2) is 8.22. The second-order valence-corrected chi connectivity index (χ2v) is 6.43. The van der Waals surface area contributed by atoms with E-state index in [1.807, 2.05) is 0 Å². The van der Waals surface area contributed by atoms with Crippen LogP contribution < -0.4 is 10.9 Å². The van der Waals surface area contributed by atoms with Crippen LogP contribution in [0.4, 0.5) is 23.2 Å². The number of hydrogen-bond donors (Lipinski definition) is 2. The first-order chi connectivity index (χ1) is 13.7. The van der Waals surface area contributed by atoms with E-state index in [-0.39, 0.29) is 28.5 Å². The highest BCUT2D eigenvalue weighted by atomic mass is 35.5. The number of aromatic nitrogens is 2. The van der Waals surface area contributed by atoms with Crippen LogP contribution in [0.5, 0.6) is 0 Å². The zero-order chi connectivity index (χ0) is 21.2. The summed E-state index contributed by atoms with van der Waals surface area (Å²) in [5, 5.41) is 16.3. The molecule has 0 saturated heterocycles. The van der Waals surface area contributed by atoms with Crippen molar-refractivity contribution in [2.75, 3.05) is 11.9 Å². The van der Waals surface area contributed by atoms with E-state index in [0.717, 1.165) is 29.1 Å². The number of anilines is 1. The Hall–Kier alpha value is -2.91. The summed E-state index contributed by atoms with van der Waals surface area (Å²) in [6.45, 7) is -0.171. The molecule has 0 aliphatic carbocycles. The molecule has 2 aromatic carbocycles. The van der Waals surface area contributed by atoms with Crippen molar-refractivity contribution in [3.8, 4) is 5.69 Å². The van der Waals surface area contributed by atoms with Crippen molar-refractivity contribution in [3.63, 3.8) is 0 Å². The van der Waals surface area contributed by atoms with Crippen LogP contribution in [0, 0.1) is 5.82 Å². The lowest BCUT2D eigenvalue weighted by atomic mass is 10.1. The summed E-state index contributed by atoms with van der Waals surface area (Å²) in [4.78, 5) is 12.4. The topological polar surface area (TPSA) is 67.2 Å². The SMILES string of the molecule is O=c1c(Cl)c(NCC(O)c2ccccc2F)cnn1-c1cccc(C(F)(F)F)c1. The molecule has 0 aliphatic heterocycles. The Labute approximate surface area is 167 Å². The third-order valence-electron chi connectivity index (χ3n) is 4.09. The van der Waals surface area contributed by atoms with Crippen LogP contribution in [-0.4, -0.2) is 21.4 Å².